The van der Waals surface area contributed by atoms with Crippen LogP contribution in [0.4, 0.5) is 0 Å². The maximum Gasteiger partial charge on any atom is 0.472 e. The van der Waals surface area contributed by atoms with E-state index in [-0.39, 0.29) is 32.3 Å². The van der Waals surface area contributed by atoms with E-state index in [1.54, 1.807) is 0 Å². The highest BCUT2D eigenvalue weighted by Gasteiger charge is 2.25. The normalized spacial score (nSPS) is 14.2. The molecule has 0 rings (SSSR count). The van der Waals surface area contributed by atoms with Gasteiger partial charge in [0.2, 0.25) is 0 Å². The summed E-state index contributed by atoms with van der Waals surface area (Å²) in [5.41, 5.74) is 5.35. The van der Waals surface area contributed by atoms with E-state index in [9.17, 15) is 14.3 Å². The first-order valence-electron chi connectivity index (χ1n) is 19.8. The van der Waals surface area contributed by atoms with Gasteiger partial charge in [0, 0.05) is 19.6 Å². The molecule has 3 N–H and O–H groups in total. The van der Waals surface area contributed by atoms with Crippen molar-refractivity contribution in [3.63, 3.8) is 0 Å². The van der Waals surface area contributed by atoms with Gasteiger partial charge in [-0.2, -0.15) is 0 Å². The molecule has 290 valence electrons. The van der Waals surface area contributed by atoms with Crippen molar-refractivity contribution in [2.75, 3.05) is 33.0 Å². The van der Waals surface area contributed by atoms with Crippen LogP contribution in [0.2, 0.25) is 0 Å². The second-order valence-corrected chi connectivity index (χ2v) is 14.2. The molecule has 0 aromatic carbocycles. The Hall–Kier alpha value is -1.80. The zero-order chi connectivity index (χ0) is 36.6. The number of phosphoric ester groups is 1. The number of allylic oxidation sites excluding steroid dienone is 10. The molecule has 0 heterocycles. The van der Waals surface area contributed by atoms with Gasteiger partial charge in [-0.3, -0.25) is 13.8 Å². The fourth-order valence-electron chi connectivity index (χ4n) is 5.04. The monoisotopic (exact) mass is 724 g/mol. The second-order valence-electron chi connectivity index (χ2n) is 12.8. The van der Waals surface area contributed by atoms with Gasteiger partial charge >= 0.3 is 13.8 Å². The van der Waals surface area contributed by atoms with Gasteiger partial charge in [-0.25, -0.2) is 4.57 Å². The molecule has 0 aliphatic heterocycles. The van der Waals surface area contributed by atoms with Crippen LogP contribution in [0.25, 0.3) is 0 Å². The van der Waals surface area contributed by atoms with Crippen LogP contribution in [0.3, 0.4) is 0 Å². The number of ether oxygens (including phenoxy) is 2. The molecular formula is C41H74NO7P. The molecule has 8 nitrogen and oxygen atoms in total. The molecule has 0 aromatic heterocycles. The van der Waals surface area contributed by atoms with Gasteiger partial charge < -0.3 is 20.1 Å². The Balaban J connectivity index is 4.14. The SMILES string of the molecule is CC/C=C\C/C=C\C/C=C\CCCCCCCC(=O)OC(COCCCCCCCC/C=C\C/C=C\CCCCC)COP(=O)(O)OCCN. The largest absolute Gasteiger partial charge is 0.472 e. The number of esters is 1. The summed E-state index contributed by atoms with van der Waals surface area (Å²) >= 11 is 0. The van der Waals surface area contributed by atoms with Crippen LogP contribution in [0.15, 0.2) is 60.8 Å². The third-order valence-electron chi connectivity index (χ3n) is 7.92. The van der Waals surface area contributed by atoms with Gasteiger partial charge in [-0.05, 0) is 77.0 Å². The van der Waals surface area contributed by atoms with Crippen LogP contribution in [0.5, 0.6) is 0 Å². The summed E-state index contributed by atoms with van der Waals surface area (Å²) in [5.74, 6) is -0.354. The number of hydrogen-bond donors (Lipinski definition) is 2. The van der Waals surface area contributed by atoms with Gasteiger partial charge in [0.15, 0.2) is 0 Å². The Kier molecular flexibility index (Phi) is 37.0. The highest BCUT2D eigenvalue weighted by atomic mass is 31.2. The summed E-state index contributed by atoms with van der Waals surface area (Å²) in [6, 6.07) is 0. The van der Waals surface area contributed by atoms with Crippen molar-refractivity contribution >= 4 is 13.8 Å². The Morgan fingerprint density at radius 3 is 1.68 bits per heavy atom. The zero-order valence-corrected chi connectivity index (χ0v) is 32.8. The minimum absolute atomic E-state index is 0.0926. The van der Waals surface area contributed by atoms with Gasteiger partial charge in [0.05, 0.1) is 19.8 Å². The van der Waals surface area contributed by atoms with Gasteiger partial charge in [-0.1, -0.05) is 132 Å². The standard InChI is InChI=1S/C41H74NO7P/c1-3-5-7-9-11-13-15-17-19-21-23-25-27-29-31-33-36-46-38-40(39-48-50(44,45)47-37-35-42)49-41(43)34-32-30-28-26-24-22-20-18-16-14-12-10-8-6-4-2/h6,8,11-14,17-20,40H,3-5,7,9-10,15-16,21-39,42H2,1-2H3,(H,44,45)/b8-6-,13-11-,14-12-,19-17-,20-18-. The van der Waals surface area contributed by atoms with Crippen LogP contribution < -0.4 is 5.73 Å². The van der Waals surface area contributed by atoms with E-state index in [0.717, 1.165) is 89.9 Å². The molecule has 2 unspecified atom stereocenters. The first kappa shape index (κ1) is 48.2. The summed E-state index contributed by atoms with van der Waals surface area (Å²) in [4.78, 5) is 22.4. The molecule has 9 heteroatoms. The maximum atomic E-state index is 12.5. The number of phosphoric acid groups is 1. The number of hydrogen-bond acceptors (Lipinski definition) is 7. The lowest BCUT2D eigenvalue weighted by atomic mass is 10.1. The lowest BCUT2D eigenvalue weighted by Gasteiger charge is -2.20. The molecule has 0 spiro atoms. The number of carbonyl (C=O) groups excluding carboxylic acids is 1. The summed E-state index contributed by atoms with van der Waals surface area (Å²) < 4.78 is 33.3. The summed E-state index contributed by atoms with van der Waals surface area (Å²) in [7, 11) is -4.28. The molecular weight excluding hydrogens is 649 g/mol. The quantitative estimate of drug-likeness (QED) is 0.0281. The lowest BCUT2D eigenvalue weighted by molar-refractivity contribution is -0.154. The van der Waals surface area contributed by atoms with E-state index in [1.807, 2.05) is 0 Å². The molecule has 0 aliphatic carbocycles. The highest BCUT2D eigenvalue weighted by Crippen LogP contribution is 2.43. The first-order valence-corrected chi connectivity index (χ1v) is 21.3. The van der Waals surface area contributed by atoms with Crippen LogP contribution in [0, 0.1) is 0 Å². The fraction of sp³-hybridized carbons (Fsp3) is 0.732. The minimum atomic E-state index is -4.28. The van der Waals surface area contributed by atoms with Crippen molar-refractivity contribution in [3.05, 3.63) is 60.8 Å². The molecule has 0 bridgehead atoms. The Morgan fingerprint density at radius 2 is 1.12 bits per heavy atom. The van der Waals surface area contributed by atoms with Gasteiger partial charge in [0.1, 0.15) is 6.10 Å². The Bertz CT molecular complexity index is 947. The molecule has 0 aromatic rings. The molecule has 0 fully saturated rings. The first-order chi connectivity index (χ1) is 24.4. The number of unbranched alkanes of at least 4 members (excludes halogenated alkanes) is 14. The van der Waals surface area contributed by atoms with Crippen molar-refractivity contribution in [2.24, 2.45) is 5.73 Å². The van der Waals surface area contributed by atoms with E-state index < -0.39 is 13.9 Å². The lowest BCUT2D eigenvalue weighted by Crippen LogP contribution is -2.28. The predicted octanol–water partition coefficient (Wildman–Crippen LogP) is 11.4. The van der Waals surface area contributed by atoms with Crippen LogP contribution >= 0.6 is 7.82 Å². The molecule has 2 atom stereocenters. The van der Waals surface area contributed by atoms with Gasteiger partial charge in [0.25, 0.3) is 0 Å². The third kappa shape index (κ3) is 37.5. The zero-order valence-electron chi connectivity index (χ0n) is 31.9. The summed E-state index contributed by atoms with van der Waals surface area (Å²) in [6.07, 6.45) is 45.2. The molecule has 0 amide bonds. The average Bonchev–Trinajstić information content (AvgIpc) is 3.10. The summed E-state index contributed by atoms with van der Waals surface area (Å²) in [5, 5.41) is 0. The fourth-order valence-corrected chi connectivity index (χ4v) is 5.80. The number of rotatable bonds is 37. The van der Waals surface area contributed by atoms with Crippen molar-refractivity contribution in [2.45, 2.75) is 161 Å². The van der Waals surface area contributed by atoms with Crippen molar-refractivity contribution in [1.29, 1.82) is 0 Å². The molecule has 0 aliphatic rings. The van der Waals surface area contributed by atoms with Crippen molar-refractivity contribution < 1.29 is 32.8 Å². The van der Waals surface area contributed by atoms with E-state index in [4.69, 9.17) is 24.3 Å². The highest BCUT2D eigenvalue weighted by molar-refractivity contribution is 7.47. The Labute approximate surface area is 306 Å². The van der Waals surface area contributed by atoms with Crippen LogP contribution in [-0.2, 0) is 27.9 Å². The minimum Gasteiger partial charge on any atom is -0.457 e. The van der Waals surface area contributed by atoms with Crippen LogP contribution in [0.1, 0.15) is 155 Å². The van der Waals surface area contributed by atoms with E-state index in [1.165, 1.54) is 44.9 Å². The van der Waals surface area contributed by atoms with Crippen molar-refractivity contribution in [3.8, 4) is 0 Å². The Morgan fingerprint density at radius 1 is 0.620 bits per heavy atom. The number of nitrogens with two attached hydrogens (primary N) is 1. The second kappa shape index (κ2) is 38.4. The van der Waals surface area contributed by atoms with Gasteiger partial charge in [-0.15, -0.1) is 0 Å². The smallest absolute Gasteiger partial charge is 0.457 e. The average molecular weight is 724 g/mol. The summed E-state index contributed by atoms with van der Waals surface area (Å²) in [6.45, 7) is 4.72. The van der Waals surface area contributed by atoms with Crippen molar-refractivity contribution in [1.82, 2.24) is 0 Å². The number of carbonyl (C=O) groups is 1. The maximum absolute atomic E-state index is 12.5. The topological polar surface area (TPSA) is 117 Å². The van der Waals surface area contributed by atoms with Crippen LogP contribution in [-0.4, -0.2) is 49.9 Å². The van der Waals surface area contributed by atoms with E-state index >= 15 is 0 Å². The third-order valence-corrected chi connectivity index (χ3v) is 8.90. The predicted molar refractivity (Wildman–Crippen MR) is 210 cm³/mol. The molecule has 0 saturated heterocycles. The van der Waals surface area contributed by atoms with E-state index in [0.29, 0.717) is 13.0 Å². The van der Waals surface area contributed by atoms with E-state index in [2.05, 4.69) is 74.6 Å². The molecule has 0 radical (unpaired) electrons. The molecule has 0 saturated carbocycles. The molecule has 50 heavy (non-hydrogen) atoms.